The molecule has 2 bridgehead atoms. The Kier molecular flexibility index (Phi) is 4.97. The fraction of sp³-hybridized carbons (Fsp3) is 0.417. The predicted octanol–water partition coefficient (Wildman–Crippen LogP) is 4.20. The van der Waals surface area contributed by atoms with E-state index in [-0.39, 0.29) is 12.5 Å². The number of amides is 2. The first kappa shape index (κ1) is 19.5. The first-order valence-electron chi connectivity index (χ1n) is 10.6. The summed E-state index contributed by atoms with van der Waals surface area (Å²) in [5.41, 5.74) is 9.49. The summed E-state index contributed by atoms with van der Waals surface area (Å²) in [6.07, 6.45) is 3.95. The normalized spacial score (nSPS) is 27.1. The lowest BCUT2D eigenvalue weighted by molar-refractivity contribution is -0.125. The van der Waals surface area contributed by atoms with E-state index in [2.05, 4.69) is 29.6 Å². The van der Waals surface area contributed by atoms with Crippen LogP contribution in [0.1, 0.15) is 49.1 Å². The molecule has 2 unspecified atom stereocenters. The third-order valence-corrected chi connectivity index (χ3v) is 8.32. The molecule has 2 aromatic carbocycles. The fourth-order valence-corrected chi connectivity index (χ4v) is 7.25. The molecule has 2 heterocycles. The number of ether oxygens (including phenoxy) is 1. The Morgan fingerprint density at radius 2 is 1.57 bits per heavy atom. The lowest BCUT2D eigenvalue weighted by atomic mass is 9.82. The largest absolute Gasteiger partial charge is 0.449 e. The maximum atomic E-state index is 12.8. The molecular weight excluding hydrogens is 396 g/mol. The van der Waals surface area contributed by atoms with E-state index in [9.17, 15) is 9.59 Å². The van der Waals surface area contributed by atoms with Crippen molar-refractivity contribution in [3.8, 4) is 11.1 Å². The minimum atomic E-state index is -0.996. The second-order valence-corrected chi connectivity index (χ2v) is 10.2. The third-order valence-electron chi connectivity index (χ3n) is 6.75. The highest BCUT2D eigenvalue weighted by Gasteiger charge is 2.48. The quantitative estimate of drug-likeness (QED) is 0.774. The van der Waals surface area contributed by atoms with Crippen molar-refractivity contribution < 1.29 is 14.3 Å². The molecule has 0 spiro atoms. The van der Waals surface area contributed by atoms with Crippen molar-refractivity contribution in [3.05, 3.63) is 59.7 Å². The van der Waals surface area contributed by atoms with Crippen LogP contribution in [0.15, 0.2) is 48.5 Å². The summed E-state index contributed by atoms with van der Waals surface area (Å²) in [4.78, 5) is 25.1. The van der Waals surface area contributed by atoms with Crippen molar-refractivity contribution in [1.82, 2.24) is 5.32 Å². The van der Waals surface area contributed by atoms with Gasteiger partial charge in [0.1, 0.15) is 12.1 Å². The fourth-order valence-electron chi connectivity index (χ4n) is 5.34. The summed E-state index contributed by atoms with van der Waals surface area (Å²) in [7, 11) is 0. The van der Waals surface area contributed by atoms with Gasteiger partial charge in [-0.05, 0) is 47.9 Å². The van der Waals surface area contributed by atoms with Crippen molar-refractivity contribution >= 4 is 23.8 Å². The molecule has 6 heteroatoms. The van der Waals surface area contributed by atoms with Crippen LogP contribution in [0.5, 0.6) is 0 Å². The molecule has 2 aromatic rings. The number of hydrogen-bond acceptors (Lipinski definition) is 4. The molecule has 30 heavy (non-hydrogen) atoms. The van der Waals surface area contributed by atoms with Crippen LogP contribution >= 0.6 is 11.8 Å². The third kappa shape index (κ3) is 3.37. The van der Waals surface area contributed by atoms with Gasteiger partial charge in [-0.15, -0.1) is 0 Å². The van der Waals surface area contributed by atoms with E-state index in [0.717, 1.165) is 12.8 Å². The minimum absolute atomic E-state index is 0.00558. The number of carbonyl (C=O) groups excluding carboxylic acids is 2. The second-order valence-electron chi connectivity index (χ2n) is 8.62. The zero-order valence-corrected chi connectivity index (χ0v) is 17.6. The monoisotopic (exact) mass is 422 g/mol. The van der Waals surface area contributed by atoms with Gasteiger partial charge in [-0.3, -0.25) is 4.79 Å². The Balaban J connectivity index is 1.31. The number of fused-ring (bicyclic) bond motifs is 5. The molecule has 2 atom stereocenters. The Bertz CT molecular complexity index is 934. The van der Waals surface area contributed by atoms with Crippen molar-refractivity contribution in [2.45, 2.75) is 54.1 Å². The molecule has 2 saturated heterocycles. The summed E-state index contributed by atoms with van der Waals surface area (Å²) in [6, 6.07) is 16.5. The molecule has 156 valence electrons. The summed E-state index contributed by atoms with van der Waals surface area (Å²) < 4.78 is 5.68. The second kappa shape index (κ2) is 7.65. The number of rotatable bonds is 4. The molecular formula is C24H26N2O3S. The average molecular weight is 423 g/mol. The molecule has 0 aromatic heterocycles. The van der Waals surface area contributed by atoms with Gasteiger partial charge in [-0.2, -0.15) is 11.8 Å². The van der Waals surface area contributed by atoms with Gasteiger partial charge < -0.3 is 15.8 Å². The minimum Gasteiger partial charge on any atom is -0.449 e. The van der Waals surface area contributed by atoms with Crippen LogP contribution < -0.4 is 11.1 Å². The Labute approximate surface area is 180 Å². The van der Waals surface area contributed by atoms with Crippen molar-refractivity contribution in [3.63, 3.8) is 0 Å². The van der Waals surface area contributed by atoms with E-state index < -0.39 is 17.5 Å². The van der Waals surface area contributed by atoms with Gasteiger partial charge in [0.2, 0.25) is 5.91 Å². The molecule has 0 saturated carbocycles. The van der Waals surface area contributed by atoms with Crippen LogP contribution in [0.25, 0.3) is 11.1 Å². The van der Waals surface area contributed by atoms with Gasteiger partial charge >= 0.3 is 6.09 Å². The summed E-state index contributed by atoms with van der Waals surface area (Å²) in [6.45, 7) is 0.232. The van der Waals surface area contributed by atoms with Crippen molar-refractivity contribution in [2.24, 2.45) is 5.73 Å². The van der Waals surface area contributed by atoms with Crippen LogP contribution in [-0.4, -0.2) is 34.6 Å². The molecule has 3 aliphatic rings. The number of hydrogen-bond donors (Lipinski definition) is 2. The standard InChI is InChI=1S/C24H26N2O3S/c25-22(27)24(12-15-6-5-7-16(13-24)30-15)26-23(28)29-14-21-19-10-3-1-8-17(19)18-9-2-4-11-20(18)21/h1-4,8-11,15-16,21H,5-7,12-14H2,(H2,25,27)(H,26,28). The topological polar surface area (TPSA) is 81.4 Å². The highest BCUT2D eigenvalue weighted by atomic mass is 32.2. The number of carbonyl (C=O) groups is 2. The van der Waals surface area contributed by atoms with E-state index in [4.69, 9.17) is 10.5 Å². The van der Waals surface area contributed by atoms with Gasteiger partial charge in [-0.25, -0.2) is 4.79 Å². The summed E-state index contributed by atoms with van der Waals surface area (Å²) in [5.74, 6) is -0.456. The van der Waals surface area contributed by atoms with E-state index >= 15 is 0 Å². The zero-order chi connectivity index (χ0) is 20.7. The average Bonchev–Trinajstić information content (AvgIpc) is 3.06. The highest BCUT2D eigenvalue weighted by molar-refractivity contribution is 8.00. The van der Waals surface area contributed by atoms with Crippen LogP contribution in [0, 0.1) is 0 Å². The number of nitrogens with one attached hydrogen (secondary N) is 1. The smallest absolute Gasteiger partial charge is 0.408 e. The van der Waals surface area contributed by atoms with Crippen LogP contribution in [0.3, 0.4) is 0 Å². The highest BCUT2D eigenvalue weighted by Crippen LogP contribution is 2.46. The molecule has 1 aliphatic carbocycles. The molecule has 5 nitrogen and oxygen atoms in total. The number of nitrogens with two attached hydrogens (primary N) is 1. The van der Waals surface area contributed by atoms with E-state index in [1.165, 1.54) is 28.7 Å². The van der Waals surface area contributed by atoms with Crippen LogP contribution in [-0.2, 0) is 9.53 Å². The van der Waals surface area contributed by atoms with Gasteiger partial charge in [0.15, 0.2) is 0 Å². The lowest BCUT2D eigenvalue weighted by Crippen LogP contribution is -2.62. The number of thioether (sulfide) groups is 1. The van der Waals surface area contributed by atoms with Crippen LogP contribution in [0.4, 0.5) is 4.79 Å². The molecule has 0 radical (unpaired) electrons. The van der Waals surface area contributed by atoms with E-state index in [1.54, 1.807) is 0 Å². The first-order chi connectivity index (χ1) is 14.6. The molecule has 2 fully saturated rings. The van der Waals surface area contributed by atoms with E-state index in [0.29, 0.717) is 23.3 Å². The van der Waals surface area contributed by atoms with Gasteiger partial charge in [0.25, 0.3) is 0 Å². The Morgan fingerprint density at radius 1 is 1.00 bits per heavy atom. The van der Waals surface area contributed by atoms with Gasteiger partial charge in [0.05, 0.1) is 0 Å². The Hall–Kier alpha value is -2.47. The molecule has 5 rings (SSSR count). The van der Waals surface area contributed by atoms with Crippen molar-refractivity contribution in [2.75, 3.05) is 6.61 Å². The Morgan fingerprint density at radius 3 is 2.13 bits per heavy atom. The van der Waals surface area contributed by atoms with Gasteiger partial charge in [-0.1, -0.05) is 55.0 Å². The van der Waals surface area contributed by atoms with E-state index in [1.807, 2.05) is 36.0 Å². The number of benzene rings is 2. The number of alkyl carbamates (subject to hydrolysis) is 1. The number of primary amides is 1. The zero-order valence-electron chi connectivity index (χ0n) is 16.8. The van der Waals surface area contributed by atoms with Crippen molar-refractivity contribution in [1.29, 1.82) is 0 Å². The molecule has 2 aliphatic heterocycles. The van der Waals surface area contributed by atoms with Gasteiger partial charge in [0, 0.05) is 16.4 Å². The SMILES string of the molecule is NC(=O)C1(NC(=O)OCC2c3ccccc3-c3ccccc32)CC2CCCC(C1)S2. The summed E-state index contributed by atoms with van der Waals surface area (Å²) >= 11 is 1.94. The predicted molar refractivity (Wildman–Crippen MR) is 118 cm³/mol. The summed E-state index contributed by atoms with van der Waals surface area (Å²) in [5, 5.41) is 3.63. The maximum absolute atomic E-state index is 12.8. The molecule has 3 N–H and O–H groups in total. The lowest BCUT2D eigenvalue weighted by Gasteiger charge is -2.45. The van der Waals surface area contributed by atoms with Crippen LogP contribution in [0.2, 0.25) is 0 Å². The first-order valence-corrected chi connectivity index (χ1v) is 11.6. The maximum Gasteiger partial charge on any atom is 0.408 e. The molecule has 2 amide bonds.